The standard InChI is InChI=1S/C47H52N2O10S/c1-3-30(29(2)50)28-60-37-27-39(52)49(45(37)55)26-16-10-8-6-4-5-7-9-11-21-38(51)48-32-24-22-31(23-25-32)40(41-43(53)33-17-12-14-19-35(33)58-46(41)56)42-44(54)34-18-13-15-20-36(34)59-47(42)57/h12-15,17-20,22-25,30,37,40,53-54H,3-11,16,21,26-28H2,1-2H3,(H,48,51). The van der Waals surface area contributed by atoms with Gasteiger partial charge in [0.1, 0.15) is 28.4 Å². The summed E-state index contributed by atoms with van der Waals surface area (Å²) in [5.74, 6) is -1.82. The summed E-state index contributed by atoms with van der Waals surface area (Å²) >= 11 is 1.43. The van der Waals surface area contributed by atoms with Gasteiger partial charge in [0.2, 0.25) is 17.7 Å². The van der Waals surface area contributed by atoms with Crippen molar-refractivity contribution < 1.29 is 38.2 Å². The van der Waals surface area contributed by atoms with Gasteiger partial charge in [-0.15, -0.1) is 11.8 Å². The van der Waals surface area contributed by atoms with E-state index in [1.165, 1.54) is 16.7 Å². The number of aromatic hydroxyl groups is 2. The lowest BCUT2D eigenvalue weighted by Gasteiger charge is -2.20. The number of unbranched alkanes of at least 4 members (excludes halogenated alkanes) is 8. The van der Waals surface area contributed by atoms with E-state index in [1.54, 1.807) is 79.7 Å². The third kappa shape index (κ3) is 10.4. The summed E-state index contributed by atoms with van der Waals surface area (Å²) in [7, 11) is 0. The number of nitrogens with one attached hydrogen (secondary N) is 1. The summed E-state index contributed by atoms with van der Waals surface area (Å²) in [6, 6.07) is 19.4. The Balaban J connectivity index is 0.952. The van der Waals surface area contributed by atoms with Crippen LogP contribution in [0.4, 0.5) is 5.69 Å². The summed E-state index contributed by atoms with van der Waals surface area (Å²) < 4.78 is 11.1. The number of anilines is 1. The lowest BCUT2D eigenvalue weighted by molar-refractivity contribution is -0.138. The Morgan fingerprint density at radius 2 is 1.27 bits per heavy atom. The van der Waals surface area contributed by atoms with Crippen LogP contribution in [0, 0.1) is 5.92 Å². The first-order valence-electron chi connectivity index (χ1n) is 20.8. The number of benzene rings is 3. The number of amides is 3. The molecule has 60 heavy (non-hydrogen) atoms. The van der Waals surface area contributed by atoms with Gasteiger partial charge in [0.05, 0.1) is 33.1 Å². The second-order valence-electron chi connectivity index (χ2n) is 15.5. The summed E-state index contributed by atoms with van der Waals surface area (Å²) in [4.78, 5) is 78.1. The van der Waals surface area contributed by atoms with Crippen LogP contribution in [0.15, 0.2) is 91.2 Å². The van der Waals surface area contributed by atoms with Gasteiger partial charge in [-0.05, 0) is 68.1 Å². The molecule has 2 unspecified atom stereocenters. The number of ketones is 1. The average molecular weight is 837 g/mol. The largest absolute Gasteiger partial charge is 0.507 e. The first kappa shape index (κ1) is 43.9. The first-order valence-corrected chi connectivity index (χ1v) is 21.9. The third-order valence-corrected chi connectivity index (χ3v) is 12.7. The Bertz CT molecular complexity index is 2360. The Morgan fingerprint density at radius 3 is 1.80 bits per heavy atom. The SMILES string of the molecule is CCC(CSC1CC(=O)N(CCCCCCCCCCCC(=O)Nc2ccc(C(c3c(O)c4ccccc4oc3=O)c3c(O)c4ccccc4oc3=O)cc2)C1=O)C(C)=O. The van der Waals surface area contributed by atoms with Crippen molar-refractivity contribution in [3.63, 3.8) is 0 Å². The lowest BCUT2D eigenvalue weighted by Crippen LogP contribution is -2.32. The molecule has 12 nitrogen and oxygen atoms in total. The predicted octanol–water partition coefficient (Wildman–Crippen LogP) is 8.81. The van der Waals surface area contributed by atoms with Crippen molar-refractivity contribution in [2.24, 2.45) is 5.92 Å². The highest BCUT2D eigenvalue weighted by atomic mass is 32.2. The van der Waals surface area contributed by atoms with E-state index in [1.807, 2.05) is 6.92 Å². The second kappa shape index (κ2) is 20.5. The zero-order chi connectivity index (χ0) is 42.8. The monoisotopic (exact) mass is 836 g/mol. The van der Waals surface area contributed by atoms with E-state index < -0.39 is 17.2 Å². The highest BCUT2D eigenvalue weighted by molar-refractivity contribution is 8.00. The first-order chi connectivity index (χ1) is 29.0. The molecule has 3 amide bonds. The number of Topliss-reactive ketones (excluding diaryl/α,β-unsaturated/α-hetero) is 1. The molecule has 0 spiro atoms. The van der Waals surface area contributed by atoms with Crippen LogP contribution in [-0.2, 0) is 19.2 Å². The molecule has 0 bridgehead atoms. The van der Waals surface area contributed by atoms with Crippen LogP contribution >= 0.6 is 11.8 Å². The number of imide groups is 1. The van der Waals surface area contributed by atoms with Crippen molar-refractivity contribution in [2.45, 2.75) is 102 Å². The molecule has 6 rings (SSSR count). The van der Waals surface area contributed by atoms with E-state index in [0.29, 0.717) is 30.0 Å². The average Bonchev–Trinajstić information content (AvgIpc) is 3.50. The maximum atomic E-state index is 13.5. The van der Waals surface area contributed by atoms with Gasteiger partial charge in [0.25, 0.3) is 0 Å². The molecule has 1 aliphatic rings. The van der Waals surface area contributed by atoms with Crippen molar-refractivity contribution in [2.75, 3.05) is 17.6 Å². The van der Waals surface area contributed by atoms with E-state index in [9.17, 15) is 39.0 Å². The predicted molar refractivity (Wildman–Crippen MR) is 233 cm³/mol. The van der Waals surface area contributed by atoms with Crippen molar-refractivity contribution >= 4 is 62.9 Å². The molecule has 1 fully saturated rings. The van der Waals surface area contributed by atoms with Gasteiger partial charge in [-0.2, -0.15) is 0 Å². The lowest BCUT2D eigenvalue weighted by atomic mass is 9.84. The maximum Gasteiger partial charge on any atom is 0.344 e. The van der Waals surface area contributed by atoms with E-state index in [-0.39, 0.29) is 85.7 Å². The minimum absolute atomic E-state index is 0.0762. The molecule has 3 aromatic carbocycles. The number of rotatable bonds is 21. The van der Waals surface area contributed by atoms with Crippen LogP contribution < -0.4 is 16.6 Å². The molecule has 0 aliphatic carbocycles. The normalized spacial score (nSPS) is 14.7. The Hall–Kier alpha value is -5.69. The van der Waals surface area contributed by atoms with Crippen LogP contribution in [-0.4, -0.2) is 56.2 Å². The molecule has 0 saturated carbocycles. The van der Waals surface area contributed by atoms with Gasteiger partial charge < -0.3 is 24.4 Å². The van der Waals surface area contributed by atoms with Gasteiger partial charge in [-0.1, -0.05) is 88.3 Å². The minimum Gasteiger partial charge on any atom is -0.507 e. The smallest absolute Gasteiger partial charge is 0.344 e. The van der Waals surface area contributed by atoms with Crippen molar-refractivity contribution in [3.8, 4) is 11.5 Å². The maximum absolute atomic E-state index is 13.5. The quantitative estimate of drug-likeness (QED) is 0.0365. The van der Waals surface area contributed by atoms with E-state index in [0.717, 1.165) is 64.2 Å². The number of para-hydroxylation sites is 2. The minimum atomic E-state index is -1.28. The Morgan fingerprint density at radius 1 is 0.750 bits per heavy atom. The molecule has 2 aromatic heterocycles. The third-order valence-electron chi connectivity index (χ3n) is 11.3. The topological polar surface area (TPSA) is 184 Å². The van der Waals surface area contributed by atoms with Gasteiger partial charge >= 0.3 is 11.3 Å². The molecule has 316 valence electrons. The number of fused-ring (bicyclic) bond motifs is 2. The highest BCUT2D eigenvalue weighted by Gasteiger charge is 2.39. The summed E-state index contributed by atoms with van der Waals surface area (Å²) in [5.41, 5.74) is -1.06. The second-order valence-corrected chi connectivity index (χ2v) is 16.7. The molecule has 5 aromatic rings. The number of carbonyl (C=O) groups is 4. The van der Waals surface area contributed by atoms with Gasteiger partial charge in [0, 0.05) is 36.7 Å². The molecule has 3 N–H and O–H groups in total. The summed E-state index contributed by atoms with van der Waals surface area (Å²) in [6.07, 6.45) is 9.90. The van der Waals surface area contributed by atoms with Crippen LogP contribution in [0.5, 0.6) is 11.5 Å². The zero-order valence-corrected chi connectivity index (χ0v) is 34.9. The number of hydrogen-bond acceptors (Lipinski definition) is 11. The van der Waals surface area contributed by atoms with E-state index in [2.05, 4.69) is 5.32 Å². The highest BCUT2D eigenvalue weighted by Crippen LogP contribution is 2.42. The fraction of sp³-hybridized carbons (Fsp3) is 0.404. The van der Waals surface area contributed by atoms with Crippen molar-refractivity contribution in [1.29, 1.82) is 0 Å². The van der Waals surface area contributed by atoms with E-state index >= 15 is 0 Å². The van der Waals surface area contributed by atoms with Gasteiger partial charge in [-0.25, -0.2) is 9.59 Å². The number of carbonyl (C=O) groups excluding carboxylic acids is 4. The molecular formula is C47H52N2O10S. The van der Waals surface area contributed by atoms with Crippen molar-refractivity contribution in [1.82, 2.24) is 4.90 Å². The Kier molecular flexibility index (Phi) is 15.0. The van der Waals surface area contributed by atoms with Crippen LogP contribution in [0.3, 0.4) is 0 Å². The van der Waals surface area contributed by atoms with Crippen LogP contribution in [0.25, 0.3) is 21.9 Å². The summed E-state index contributed by atoms with van der Waals surface area (Å²) in [6.45, 7) is 3.99. The van der Waals surface area contributed by atoms with Crippen LogP contribution in [0.1, 0.15) is 114 Å². The van der Waals surface area contributed by atoms with Gasteiger partial charge in [-0.3, -0.25) is 24.1 Å². The summed E-state index contributed by atoms with van der Waals surface area (Å²) in [5, 5.41) is 25.9. The number of nitrogens with zero attached hydrogens (tertiary/aromatic N) is 1. The Labute approximate surface area is 352 Å². The molecule has 1 aliphatic heterocycles. The number of hydrogen-bond donors (Lipinski definition) is 3. The molecule has 1 saturated heterocycles. The van der Waals surface area contributed by atoms with Gasteiger partial charge in [0.15, 0.2) is 0 Å². The molecule has 2 atom stereocenters. The molecule has 0 radical (unpaired) electrons. The number of thioether (sulfide) groups is 1. The molecule has 13 heteroatoms. The fourth-order valence-electron chi connectivity index (χ4n) is 7.83. The fourth-order valence-corrected chi connectivity index (χ4v) is 9.30. The molecule has 3 heterocycles. The number of likely N-dealkylation sites (tertiary alicyclic amines) is 1. The van der Waals surface area contributed by atoms with Crippen LogP contribution in [0.2, 0.25) is 0 Å². The van der Waals surface area contributed by atoms with Crippen molar-refractivity contribution in [3.05, 3.63) is 110 Å². The zero-order valence-electron chi connectivity index (χ0n) is 34.1. The van der Waals surface area contributed by atoms with E-state index in [4.69, 9.17) is 8.83 Å². The molecular weight excluding hydrogens is 785 g/mol.